The average Bonchev–Trinajstić information content (AvgIpc) is 3.53. The Labute approximate surface area is 208 Å². The number of nitrogens with zero attached hydrogens (tertiary/aromatic N) is 2. The van der Waals surface area contributed by atoms with Crippen molar-refractivity contribution < 1.29 is 4.79 Å². The average molecular weight is 466 g/mol. The first kappa shape index (κ1) is 23.4. The van der Waals surface area contributed by atoms with Crippen molar-refractivity contribution in [3.63, 3.8) is 0 Å². The summed E-state index contributed by atoms with van der Waals surface area (Å²) in [6.07, 6.45) is 6.18. The van der Waals surface area contributed by atoms with E-state index in [1.807, 2.05) is 0 Å². The molecule has 0 aliphatic carbocycles. The Balaban J connectivity index is 1.39. The van der Waals surface area contributed by atoms with Gasteiger partial charge < -0.3 is 14.8 Å². The van der Waals surface area contributed by atoms with Crippen molar-refractivity contribution in [1.82, 2.24) is 14.8 Å². The molecule has 1 saturated heterocycles. The lowest BCUT2D eigenvalue weighted by molar-refractivity contribution is -0.121. The van der Waals surface area contributed by atoms with Crippen LogP contribution in [-0.2, 0) is 17.8 Å². The molecule has 0 saturated carbocycles. The minimum atomic E-state index is 0.117. The zero-order valence-corrected chi connectivity index (χ0v) is 20.4. The Morgan fingerprint density at radius 3 is 2.23 bits per heavy atom. The van der Waals surface area contributed by atoms with Crippen molar-refractivity contribution >= 4 is 16.8 Å². The normalized spacial score (nSPS) is 14.9. The van der Waals surface area contributed by atoms with Gasteiger partial charge in [0.25, 0.3) is 0 Å². The fourth-order valence-electron chi connectivity index (χ4n) is 5.36. The number of likely N-dealkylation sites (tertiary alicyclic amines) is 1. The van der Waals surface area contributed by atoms with Gasteiger partial charge in [0.15, 0.2) is 0 Å². The first-order chi connectivity index (χ1) is 17.3. The van der Waals surface area contributed by atoms with Crippen LogP contribution in [0.4, 0.5) is 0 Å². The quantitative estimate of drug-likeness (QED) is 0.330. The fourth-order valence-corrected chi connectivity index (χ4v) is 5.36. The number of aromatic nitrogens is 1. The molecule has 1 fully saturated rings. The molecule has 4 nitrogen and oxygen atoms in total. The van der Waals surface area contributed by atoms with Crippen molar-refractivity contribution in [2.24, 2.45) is 0 Å². The molecular formula is C31H35N3O. The summed E-state index contributed by atoms with van der Waals surface area (Å²) in [5.41, 5.74) is 5.02. The van der Waals surface area contributed by atoms with Gasteiger partial charge in [-0.1, -0.05) is 78.9 Å². The van der Waals surface area contributed by atoms with Crippen LogP contribution in [0.25, 0.3) is 10.9 Å². The largest absolute Gasteiger partial charge is 0.355 e. The van der Waals surface area contributed by atoms with Gasteiger partial charge >= 0.3 is 0 Å². The Morgan fingerprint density at radius 1 is 0.829 bits per heavy atom. The molecule has 2 heterocycles. The highest BCUT2D eigenvalue weighted by Gasteiger charge is 2.22. The van der Waals surface area contributed by atoms with Gasteiger partial charge in [0.1, 0.15) is 0 Å². The topological polar surface area (TPSA) is 37.3 Å². The van der Waals surface area contributed by atoms with Crippen LogP contribution in [0.1, 0.15) is 41.9 Å². The number of para-hydroxylation sites is 1. The predicted molar refractivity (Wildman–Crippen MR) is 144 cm³/mol. The molecule has 1 atom stereocenters. The predicted octanol–water partition coefficient (Wildman–Crippen LogP) is 5.62. The van der Waals surface area contributed by atoms with Crippen molar-refractivity contribution in [3.8, 4) is 0 Å². The number of rotatable bonds is 10. The standard InChI is InChI=1S/C31H35N3O/c35-31(32-17-20-33-18-9-10-19-33)22-27(21-25-11-3-1-4-12-25)29-24-34(23-26-13-5-2-6-14-26)30-16-8-7-15-28(29)30/h1-8,11-16,24,27H,9-10,17-23H2,(H,32,35). The van der Waals surface area contributed by atoms with Crippen LogP contribution >= 0.6 is 0 Å². The molecule has 1 aliphatic rings. The molecule has 4 aromatic rings. The molecule has 1 amide bonds. The second kappa shape index (κ2) is 11.4. The van der Waals surface area contributed by atoms with Gasteiger partial charge in [-0.2, -0.15) is 0 Å². The number of amides is 1. The zero-order chi connectivity index (χ0) is 23.9. The van der Waals surface area contributed by atoms with Gasteiger partial charge in [0.05, 0.1) is 0 Å². The molecule has 3 aromatic carbocycles. The molecule has 0 bridgehead atoms. The van der Waals surface area contributed by atoms with E-state index in [-0.39, 0.29) is 11.8 Å². The van der Waals surface area contributed by atoms with Gasteiger partial charge in [-0.3, -0.25) is 4.79 Å². The fraction of sp³-hybridized carbons (Fsp3) is 0.323. The number of hydrogen-bond acceptors (Lipinski definition) is 2. The van der Waals surface area contributed by atoms with Crippen LogP contribution in [0.15, 0.2) is 91.1 Å². The van der Waals surface area contributed by atoms with Gasteiger partial charge in [-0.25, -0.2) is 0 Å². The van der Waals surface area contributed by atoms with E-state index in [1.54, 1.807) is 0 Å². The van der Waals surface area contributed by atoms with E-state index in [1.165, 1.54) is 40.4 Å². The summed E-state index contributed by atoms with van der Waals surface area (Å²) in [5, 5.41) is 4.45. The molecule has 180 valence electrons. The third kappa shape index (κ3) is 6.01. The van der Waals surface area contributed by atoms with Crippen molar-refractivity contribution in [3.05, 3.63) is 108 Å². The van der Waals surface area contributed by atoms with E-state index in [2.05, 4.69) is 106 Å². The molecule has 0 radical (unpaired) electrons. The minimum Gasteiger partial charge on any atom is -0.355 e. The second-order valence-electron chi connectivity index (χ2n) is 9.70. The van der Waals surface area contributed by atoms with Crippen LogP contribution in [-0.4, -0.2) is 41.6 Å². The number of carbonyl (C=O) groups excluding carboxylic acids is 1. The summed E-state index contributed by atoms with van der Waals surface area (Å²) >= 11 is 0. The van der Waals surface area contributed by atoms with E-state index in [0.717, 1.165) is 39.1 Å². The number of fused-ring (bicyclic) bond motifs is 1. The number of hydrogen-bond donors (Lipinski definition) is 1. The number of nitrogens with one attached hydrogen (secondary N) is 1. The molecule has 5 rings (SSSR count). The second-order valence-corrected chi connectivity index (χ2v) is 9.70. The van der Waals surface area contributed by atoms with Gasteiger partial charge in [-0.15, -0.1) is 0 Å². The van der Waals surface area contributed by atoms with Crippen LogP contribution in [0.3, 0.4) is 0 Å². The molecule has 4 heteroatoms. The lowest BCUT2D eigenvalue weighted by atomic mass is 9.88. The molecule has 1 aliphatic heterocycles. The Hall–Kier alpha value is -3.37. The van der Waals surface area contributed by atoms with E-state index in [0.29, 0.717) is 6.42 Å². The highest BCUT2D eigenvalue weighted by atomic mass is 16.1. The summed E-state index contributed by atoms with van der Waals surface area (Å²) in [5.74, 6) is 0.260. The summed E-state index contributed by atoms with van der Waals surface area (Å²) in [6, 6.07) is 29.7. The number of benzene rings is 3. The molecule has 1 N–H and O–H groups in total. The highest BCUT2D eigenvalue weighted by Crippen LogP contribution is 2.33. The van der Waals surface area contributed by atoms with Crippen molar-refractivity contribution in [2.45, 2.75) is 38.1 Å². The summed E-state index contributed by atoms with van der Waals surface area (Å²) in [7, 11) is 0. The summed E-state index contributed by atoms with van der Waals surface area (Å²) in [4.78, 5) is 15.5. The van der Waals surface area contributed by atoms with Crippen molar-refractivity contribution in [2.75, 3.05) is 26.2 Å². The maximum absolute atomic E-state index is 13.1. The minimum absolute atomic E-state index is 0.117. The van der Waals surface area contributed by atoms with E-state index in [4.69, 9.17) is 0 Å². The van der Waals surface area contributed by atoms with Gasteiger partial charge in [-0.05, 0) is 61.0 Å². The SMILES string of the molecule is O=C(CC(Cc1ccccc1)c1cn(Cc2ccccc2)c2ccccc12)NCCN1CCCC1. The maximum Gasteiger partial charge on any atom is 0.220 e. The number of carbonyl (C=O) groups is 1. The smallest absolute Gasteiger partial charge is 0.220 e. The van der Waals surface area contributed by atoms with E-state index < -0.39 is 0 Å². The summed E-state index contributed by atoms with van der Waals surface area (Å²) < 4.78 is 2.34. The van der Waals surface area contributed by atoms with Crippen molar-refractivity contribution in [1.29, 1.82) is 0 Å². The van der Waals surface area contributed by atoms with Crippen LogP contribution < -0.4 is 5.32 Å². The molecule has 1 unspecified atom stereocenters. The lowest BCUT2D eigenvalue weighted by Gasteiger charge is -2.18. The van der Waals surface area contributed by atoms with Crippen LogP contribution in [0, 0.1) is 0 Å². The zero-order valence-electron chi connectivity index (χ0n) is 20.4. The van der Waals surface area contributed by atoms with Gasteiger partial charge in [0.2, 0.25) is 5.91 Å². The van der Waals surface area contributed by atoms with Gasteiger partial charge in [0, 0.05) is 43.2 Å². The molecular weight excluding hydrogens is 430 g/mol. The maximum atomic E-state index is 13.1. The third-order valence-corrected chi connectivity index (χ3v) is 7.16. The summed E-state index contributed by atoms with van der Waals surface area (Å²) in [6.45, 7) is 4.82. The Bertz CT molecular complexity index is 1230. The Kier molecular flexibility index (Phi) is 7.59. The Morgan fingerprint density at radius 2 is 1.49 bits per heavy atom. The van der Waals surface area contributed by atoms with E-state index >= 15 is 0 Å². The molecule has 35 heavy (non-hydrogen) atoms. The highest BCUT2D eigenvalue weighted by molar-refractivity contribution is 5.86. The first-order valence-corrected chi connectivity index (χ1v) is 12.9. The third-order valence-electron chi connectivity index (χ3n) is 7.16. The lowest BCUT2D eigenvalue weighted by Crippen LogP contribution is -2.34. The monoisotopic (exact) mass is 465 g/mol. The molecule has 1 aromatic heterocycles. The molecule has 0 spiro atoms. The van der Waals surface area contributed by atoms with Crippen LogP contribution in [0.5, 0.6) is 0 Å². The van der Waals surface area contributed by atoms with E-state index in [9.17, 15) is 4.79 Å². The first-order valence-electron chi connectivity index (χ1n) is 12.9. The van der Waals surface area contributed by atoms with Crippen LogP contribution in [0.2, 0.25) is 0 Å².